The standard InChI is InChI=1S/C22H39NO3/c24-21-13-7-6-12-20(19-21)11-4-1-2-9-17-26-18-10-16-23-15-8-3-5-14-22(23)25/h20H,1-19H2. The molecule has 26 heavy (non-hydrogen) atoms. The lowest BCUT2D eigenvalue weighted by Gasteiger charge is -2.20. The molecular formula is C22H39NO3. The zero-order chi connectivity index (χ0) is 18.5. The molecule has 1 heterocycles. The van der Waals surface area contributed by atoms with E-state index in [1.54, 1.807) is 0 Å². The molecule has 1 atom stereocenters. The molecule has 4 heteroatoms. The van der Waals surface area contributed by atoms with Crippen LogP contribution in [-0.2, 0) is 14.3 Å². The van der Waals surface area contributed by atoms with E-state index in [-0.39, 0.29) is 0 Å². The lowest BCUT2D eigenvalue weighted by Crippen LogP contribution is -2.31. The van der Waals surface area contributed by atoms with Crippen LogP contribution in [0.1, 0.15) is 96.3 Å². The molecule has 2 aliphatic rings. The van der Waals surface area contributed by atoms with E-state index < -0.39 is 0 Å². The number of unbranched alkanes of at least 4 members (excludes halogenated alkanes) is 3. The van der Waals surface area contributed by atoms with Crippen LogP contribution in [0.4, 0.5) is 0 Å². The highest BCUT2D eigenvalue weighted by Gasteiger charge is 2.17. The molecule has 0 spiro atoms. The second kappa shape index (κ2) is 13.3. The first-order chi connectivity index (χ1) is 12.8. The highest BCUT2D eigenvalue weighted by molar-refractivity contribution is 5.78. The first-order valence-electron chi connectivity index (χ1n) is 11.1. The second-order valence-electron chi connectivity index (χ2n) is 8.21. The maximum Gasteiger partial charge on any atom is 0.222 e. The molecule has 2 rings (SSSR count). The SMILES string of the molecule is O=C1CCCCC(CCCCCCOCCCN2CCCCCC2=O)C1. The quantitative estimate of drug-likeness (QED) is 0.387. The highest BCUT2D eigenvalue weighted by Crippen LogP contribution is 2.25. The molecule has 0 aromatic rings. The van der Waals surface area contributed by atoms with Gasteiger partial charge in [-0.1, -0.05) is 44.9 Å². The molecule has 0 radical (unpaired) electrons. The zero-order valence-electron chi connectivity index (χ0n) is 16.7. The van der Waals surface area contributed by atoms with Gasteiger partial charge in [0.05, 0.1) is 0 Å². The Morgan fingerprint density at radius 1 is 0.846 bits per heavy atom. The average Bonchev–Trinajstić information content (AvgIpc) is 2.96. The fourth-order valence-corrected chi connectivity index (χ4v) is 4.25. The largest absolute Gasteiger partial charge is 0.381 e. The number of ketones is 1. The zero-order valence-corrected chi connectivity index (χ0v) is 16.7. The van der Waals surface area contributed by atoms with Crippen molar-refractivity contribution in [2.75, 3.05) is 26.3 Å². The van der Waals surface area contributed by atoms with Crippen molar-refractivity contribution >= 4 is 11.7 Å². The van der Waals surface area contributed by atoms with E-state index in [4.69, 9.17) is 4.74 Å². The number of hydrogen-bond acceptors (Lipinski definition) is 3. The molecule has 0 bridgehead atoms. The molecule has 1 aliphatic carbocycles. The second-order valence-corrected chi connectivity index (χ2v) is 8.21. The molecular weight excluding hydrogens is 326 g/mol. The molecule has 1 saturated carbocycles. The Morgan fingerprint density at radius 3 is 2.58 bits per heavy atom. The van der Waals surface area contributed by atoms with Crippen molar-refractivity contribution < 1.29 is 14.3 Å². The van der Waals surface area contributed by atoms with Crippen LogP contribution in [0.3, 0.4) is 0 Å². The van der Waals surface area contributed by atoms with Crippen LogP contribution >= 0.6 is 0 Å². The normalized spacial score (nSPS) is 22.3. The summed E-state index contributed by atoms with van der Waals surface area (Å²) in [5.41, 5.74) is 0. The van der Waals surface area contributed by atoms with Gasteiger partial charge in [0.25, 0.3) is 0 Å². The highest BCUT2D eigenvalue weighted by atomic mass is 16.5. The van der Waals surface area contributed by atoms with Crippen molar-refractivity contribution in [1.29, 1.82) is 0 Å². The number of amides is 1. The fraction of sp³-hybridized carbons (Fsp3) is 0.909. The van der Waals surface area contributed by atoms with Crippen molar-refractivity contribution in [2.45, 2.75) is 96.3 Å². The molecule has 0 aromatic heterocycles. The number of hydrogen-bond donors (Lipinski definition) is 0. The van der Waals surface area contributed by atoms with Gasteiger partial charge >= 0.3 is 0 Å². The van der Waals surface area contributed by atoms with Crippen LogP contribution in [0.25, 0.3) is 0 Å². The molecule has 1 amide bonds. The minimum absolute atomic E-state index is 0.331. The van der Waals surface area contributed by atoms with Gasteiger partial charge in [-0.05, 0) is 38.0 Å². The molecule has 2 fully saturated rings. The summed E-state index contributed by atoms with van der Waals surface area (Å²) < 4.78 is 5.74. The number of carbonyl (C=O) groups is 2. The lowest BCUT2D eigenvalue weighted by molar-refractivity contribution is -0.130. The van der Waals surface area contributed by atoms with Crippen LogP contribution in [-0.4, -0.2) is 42.9 Å². The third kappa shape index (κ3) is 9.16. The minimum atomic E-state index is 0.331. The van der Waals surface area contributed by atoms with Gasteiger partial charge in [-0.2, -0.15) is 0 Å². The first kappa shape index (κ1) is 21.4. The summed E-state index contributed by atoms with van der Waals surface area (Å²) in [7, 11) is 0. The van der Waals surface area contributed by atoms with Crippen molar-refractivity contribution in [2.24, 2.45) is 5.92 Å². The molecule has 1 unspecified atom stereocenters. The van der Waals surface area contributed by atoms with Crippen molar-refractivity contribution in [3.05, 3.63) is 0 Å². The maximum atomic E-state index is 11.9. The smallest absolute Gasteiger partial charge is 0.222 e. The Bertz CT molecular complexity index is 410. The summed E-state index contributed by atoms with van der Waals surface area (Å²) >= 11 is 0. The van der Waals surface area contributed by atoms with E-state index in [0.717, 1.165) is 77.7 Å². The number of nitrogens with zero attached hydrogens (tertiary/aromatic N) is 1. The molecule has 1 aliphatic heterocycles. The molecule has 1 saturated heterocycles. The third-order valence-corrected chi connectivity index (χ3v) is 5.87. The maximum absolute atomic E-state index is 11.9. The molecule has 0 N–H and O–H groups in total. The van der Waals surface area contributed by atoms with E-state index in [1.807, 2.05) is 4.90 Å². The minimum Gasteiger partial charge on any atom is -0.381 e. The van der Waals surface area contributed by atoms with Gasteiger partial charge in [0.1, 0.15) is 5.78 Å². The summed E-state index contributed by atoms with van der Waals surface area (Å²) in [5.74, 6) is 1.48. The van der Waals surface area contributed by atoms with Crippen LogP contribution in [0.15, 0.2) is 0 Å². The number of likely N-dealkylation sites (tertiary alicyclic amines) is 1. The van der Waals surface area contributed by atoms with E-state index in [2.05, 4.69) is 0 Å². The number of rotatable bonds is 11. The molecule has 0 aromatic carbocycles. The molecule has 150 valence electrons. The van der Waals surface area contributed by atoms with E-state index in [0.29, 0.717) is 17.6 Å². The van der Waals surface area contributed by atoms with Crippen LogP contribution in [0, 0.1) is 5.92 Å². The first-order valence-corrected chi connectivity index (χ1v) is 11.1. The van der Waals surface area contributed by atoms with E-state index in [1.165, 1.54) is 44.9 Å². The van der Waals surface area contributed by atoms with Gasteiger partial charge in [0.2, 0.25) is 5.91 Å². The van der Waals surface area contributed by atoms with Gasteiger partial charge in [0, 0.05) is 45.6 Å². The lowest BCUT2D eigenvalue weighted by atomic mass is 9.93. The number of ether oxygens (including phenoxy) is 1. The molecule has 4 nitrogen and oxygen atoms in total. The number of carbonyl (C=O) groups excluding carboxylic acids is 2. The summed E-state index contributed by atoms with van der Waals surface area (Å²) in [6, 6.07) is 0. The van der Waals surface area contributed by atoms with Crippen LogP contribution in [0.5, 0.6) is 0 Å². The predicted octanol–water partition coefficient (Wildman–Crippen LogP) is 4.90. The Balaban J connectivity index is 1.38. The Morgan fingerprint density at radius 2 is 1.65 bits per heavy atom. The topological polar surface area (TPSA) is 46.6 Å². The van der Waals surface area contributed by atoms with Gasteiger partial charge in [0.15, 0.2) is 0 Å². The monoisotopic (exact) mass is 365 g/mol. The van der Waals surface area contributed by atoms with Crippen molar-refractivity contribution in [1.82, 2.24) is 4.90 Å². The Labute approximate surface area is 160 Å². The summed E-state index contributed by atoms with van der Waals surface area (Å²) in [6.45, 7) is 3.41. The number of Topliss-reactive ketones (excluding diaryl/α,β-unsaturated/α-hetero) is 1. The summed E-state index contributed by atoms with van der Waals surface area (Å²) in [6.07, 6.45) is 16.5. The van der Waals surface area contributed by atoms with Gasteiger partial charge < -0.3 is 9.64 Å². The van der Waals surface area contributed by atoms with Crippen LogP contribution < -0.4 is 0 Å². The average molecular weight is 366 g/mol. The third-order valence-electron chi connectivity index (χ3n) is 5.87. The summed E-state index contributed by atoms with van der Waals surface area (Å²) in [5, 5.41) is 0. The van der Waals surface area contributed by atoms with Gasteiger partial charge in [-0.25, -0.2) is 0 Å². The van der Waals surface area contributed by atoms with Gasteiger partial charge in [-0.3, -0.25) is 9.59 Å². The van der Waals surface area contributed by atoms with E-state index in [9.17, 15) is 9.59 Å². The Hall–Kier alpha value is -0.900. The van der Waals surface area contributed by atoms with Crippen molar-refractivity contribution in [3.63, 3.8) is 0 Å². The fourth-order valence-electron chi connectivity index (χ4n) is 4.25. The van der Waals surface area contributed by atoms with Gasteiger partial charge in [-0.15, -0.1) is 0 Å². The van der Waals surface area contributed by atoms with Crippen LogP contribution in [0.2, 0.25) is 0 Å². The summed E-state index contributed by atoms with van der Waals surface area (Å²) in [4.78, 5) is 25.6. The Kier molecular flexibility index (Phi) is 10.9. The van der Waals surface area contributed by atoms with E-state index >= 15 is 0 Å². The van der Waals surface area contributed by atoms with Crippen molar-refractivity contribution in [3.8, 4) is 0 Å². The predicted molar refractivity (Wildman–Crippen MR) is 105 cm³/mol.